The number of pyridine rings is 1. The molecule has 1 aromatic rings. The van der Waals surface area contributed by atoms with Crippen molar-refractivity contribution >= 4 is 15.8 Å². The maximum Gasteiger partial charge on any atom is 0.244 e. The lowest BCUT2D eigenvalue weighted by molar-refractivity contribution is 0.0730. The van der Waals surface area contributed by atoms with Crippen LogP contribution in [0.15, 0.2) is 23.2 Å². The predicted octanol–water partition coefficient (Wildman–Crippen LogP) is 2.34. The Hall–Kier alpha value is -1.18. The number of sulfonamides is 1. The molecule has 134 valence electrons. The average Bonchev–Trinajstić information content (AvgIpc) is 2.60. The molecule has 0 aromatic carbocycles. The standard InChI is InChI=1S/C17H27N3O3S/c1-13-4-3-5-16(14(13)2)19-17-7-6-15(12-18-17)24(21,22)20-8-10-23-11-9-20/h6-7,12-14,16H,3-5,8-11H2,1-2H3,(H,18,19)/t13-,14-,16+/m1/s1. The first-order chi connectivity index (χ1) is 11.5. The Labute approximate surface area is 144 Å². The third-order valence-corrected chi connectivity index (χ3v) is 7.27. The van der Waals surface area contributed by atoms with Gasteiger partial charge in [-0.3, -0.25) is 0 Å². The molecule has 0 radical (unpaired) electrons. The van der Waals surface area contributed by atoms with Crippen LogP contribution in [-0.4, -0.2) is 50.1 Å². The van der Waals surface area contributed by atoms with E-state index in [1.807, 2.05) is 0 Å². The molecule has 0 amide bonds. The molecule has 1 saturated heterocycles. The van der Waals surface area contributed by atoms with E-state index in [0.717, 1.165) is 12.2 Å². The largest absolute Gasteiger partial charge is 0.379 e. The Bertz CT molecular complexity index is 642. The summed E-state index contributed by atoms with van der Waals surface area (Å²) in [6.45, 7) is 6.27. The van der Waals surface area contributed by atoms with E-state index in [4.69, 9.17) is 4.74 Å². The number of nitrogens with one attached hydrogen (secondary N) is 1. The summed E-state index contributed by atoms with van der Waals surface area (Å²) in [5, 5.41) is 3.48. The van der Waals surface area contributed by atoms with Crippen LogP contribution in [0.4, 0.5) is 5.82 Å². The molecule has 7 heteroatoms. The first-order valence-electron chi connectivity index (χ1n) is 8.79. The fourth-order valence-electron chi connectivity index (χ4n) is 3.53. The Kier molecular flexibility index (Phi) is 5.42. The van der Waals surface area contributed by atoms with Gasteiger partial charge in [0.2, 0.25) is 10.0 Å². The first kappa shape index (κ1) is 17.6. The lowest BCUT2D eigenvalue weighted by Crippen LogP contribution is -2.40. The third-order valence-electron chi connectivity index (χ3n) is 5.38. The molecule has 3 rings (SSSR count). The van der Waals surface area contributed by atoms with E-state index in [2.05, 4.69) is 24.1 Å². The average molecular weight is 353 g/mol. The van der Waals surface area contributed by atoms with E-state index in [1.54, 1.807) is 12.1 Å². The zero-order valence-electron chi connectivity index (χ0n) is 14.4. The van der Waals surface area contributed by atoms with Crippen molar-refractivity contribution in [3.8, 4) is 0 Å². The zero-order valence-corrected chi connectivity index (χ0v) is 15.3. The summed E-state index contributed by atoms with van der Waals surface area (Å²) in [7, 11) is -3.47. The summed E-state index contributed by atoms with van der Waals surface area (Å²) in [5.41, 5.74) is 0. The highest BCUT2D eigenvalue weighted by Gasteiger charge is 2.28. The summed E-state index contributed by atoms with van der Waals surface area (Å²) in [6, 6.07) is 3.83. The monoisotopic (exact) mass is 353 g/mol. The smallest absolute Gasteiger partial charge is 0.244 e. The van der Waals surface area contributed by atoms with Gasteiger partial charge in [0, 0.05) is 25.3 Å². The SMILES string of the molecule is C[C@@H]1[C@H](C)CCC[C@@H]1Nc1ccc(S(=O)(=O)N2CCOCC2)cn1. The lowest BCUT2D eigenvalue weighted by atomic mass is 9.78. The minimum Gasteiger partial charge on any atom is -0.379 e. The Morgan fingerprint density at radius 3 is 2.62 bits per heavy atom. The van der Waals surface area contributed by atoms with Gasteiger partial charge in [-0.2, -0.15) is 4.31 Å². The van der Waals surface area contributed by atoms with Crippen LogP contribution in [-0.2, 0) is 14.8 Å². The van der Waals surface area contributed by atoms with Crippen LogP contribution in [0, 0.1) is 11.8 Å². The molecule has 2 heterocycles. The maximum absolute atomic E-state index is 12.6. The maximum atomic E-state index is 12.6. The number of hydrogen-bond donors (Lipinski definition) is 1. The van der Waals surface area contributed by atoms with Gasteiger partial charge in [0.1, 0.15) is 10.7 Å². The van der Waals surface area contributed by atoms with Gasteiger partial charge in [-0.1, -0.05) is 26.7 Å². The van der Waals surface area contributed by atoms with Crippen LogP contribution < -0.4 is 5.32 Å². The number of hydrogen-bond acceptors (Lipinski definition) is 5. The van der Waals surface area contributed by atoms with Gasteiger partial charge in [-0.05, 0) is 30.4 Å². The van der Waals surface area contributed by atoms with Crippen LogP contribution in [0.2, 0.25) is 0 Å². The molecule has 0 spiro atoms. The molecule has 1 aliphatic carbocycles. The second kappa shape index (κ2) is 7.37. The van der Waals surface area contributed by atoms with Crippen LogP contribution in [0.3, 0.4) is 0 Å². The van der Waals surface area contributed by atoms with Crippen molar-refractivity contribution in [1.82, 2.24) is 9.29 Å². The zero-order chi connectivity index (χ0) is 17.2. The molecule has 24 heavy (non-hydrogen) atoms. The van der Waals surface area contributed by atoms with Gasteiger partial charge in [-0.25, -0.2) is 13.4 Å². The lowest BCUT2D eigenvalue weighted by Gasteiger charge is -2.35. The summed E-state index contributed by atoms with van der Waals surface area (Å²) in [6.07, 6.45) is 5.11. The number of aromatic nitrogens is 1. The molecule has 3 atom stereocenters. The van der Waals surface area contributed by atoms with Crippen molar-refractivity contribution in [2.24, 2.45) is 11.8 Å². The predicted molar refractivity (Wildman–Crippen MR) is 93.4 cm³/mol. The van der Waals surface area contributed by atoms with Crippen molar-refractivity contribution < 1.29 is 13.2 Å². The molecule has 2 fully saturated rings. The summed E-state index contributed by atoms with van der Waals surface area (Å²) >= 11 is 0. The molecule has 1 aliphatic heterocycles. The van der Waals surface area contributed by atoms with E-state index in [9.17, 15) is 8.42 Å². The quantitative estimate of drug-likeness (QED) is 0.899. The van der Waals surface area contributed by atoms with E-state index in [1.165, 1.54) is 23.3 Å². The van der Waals surface area contributed by atoms with Gasteiger partial charge in [0.15, 0.2) is 0 Å². The summed E-state index contributed by atoms with van der Waals surface area (Å²) in [4.78, 5) is 4.60. The second-order valence-electron chi connectivity index (χ2n) is 6.91. The third kappa shape index (κ3) is 3.73. The molecular weight excluding hydrogens is 326 g/mol. The van der Waals surface area contributed by atoms with Gasteiger partial charge in [0.05, 0.1) is 13.2 Å². The van der Waals surface area contributed by atoms with Crippen LogP contribution in [0.5, 0.6) is 0 Å². The highest BCUT2D eigenvalue weighted by atomic mass is 32.2. The Morgan fingerprint density at radius 2 is 1.96 bits per heavy atom. The highest BCUT2D eigenvalue weighted by molar-refractivity contribution is 7.89. The molecule has 2 aliphatic rings. The molecule has 1 aromatic heterocycles. The number of nitrogens with zero attached hydrogens (tertiary/aromatic N) is 2. The van der Waals surface area contributed by atoms with Crippen molar-refractivity contribution in [2.45, 2.75) is 44.0 Å². The van der Waals surface area contributed by atoms with Crippen molar-refractivity contribution in [3.63, 3.8) is 0 Å². The van der Waals surface area contributed by atoms with Gasteiger partial charge in [0.25, 0.3) is 0 Å². The number of ether oxygens (including phenoxy) is 1. The fourth-order valence-corrected chi connectivity index (χ4v) is 4.88. The van der Waals surface area contributed by atoms with E-state index in [-0.39, 0.29) is 4.90 Å². The normalized spacial score (nSPS) is 29.3. The molecular formula is C17H27N3O3S. The van der Waals surface area contributed by atoms with Crippen molar-refractivity contribution in [1.29, 1.82) is 0 Å². The molecule has 1 N–H and O–H groups in total. The van der Waals surface area contributed by atoms with Gasteiger partial charge < -0.3 is 10.1 Å². The fraction of sp³-hybridized carbons (Fsp3) is 0.706. The van der Waals surface area contributed by atoms with Gasteiger partial charge in [-0.15, -0.1) is 0 Å². The summed E-state index contributed by atoms with van der Waals surface area (Å²) < 4.78 is 31.9. The number of morpholine rings is 1. The Balaban J connectivity index is 1.69. The number of anilines is 1. The van der Waals surface area contributed by atoms with E-state index >= 15 is 0 Å². The van der Waals surface area contributed by atoms with E-state index in [0.29, 0.717) is 44.2 Å². The number of rotatable bonds is 4. The minimum absolute atomic E-state index is 0.250. The van der Waals surface area contributed by atoms with Crippen molar-refractivity contribution in [2.75, 3.05) is 31.6 Å². The summed E-state index contributed by atoms with van der Waals surface area (Å²) in [5.74, 6) is 2.05. The topological polar surface area (TPSA) is 71.5 Å². The molecule has 1 saturated carbocycles. The molecule has 6 nitrogen and oxygen atoms in total. The minimum atomic E-state index is -3.47. The second-order valence-corrected chi connectivity index (χ2v) is 8.85. The van der Waals surface area contributed by atoms with Crippen LogP contribution in [0.1, 0.15) is 33.1 Å². The molecule has 0 bridgehead atoms. The van der Waals surface area contributed by atoms with E-state index < -0.39 is 10.0 Å². The first-order valence-corrected chi connectivity index (χ1v) is 10.2. The van der Waals surface area contributed by atoms with Crippen LogP contribution >= 0.6 is 0 Å². The highest BCUT2D eigenvalue weighted by Crippen LogP contribution is 2.31. The van der Waals surface area contributed by atoms with Crippen LogP contribution in [0.25, 0.3) is 0 Å². The van der Waals surface area contributed by atoms with Crippen molar-refractivity contribution in [3.05, 3.63) is 18.3 Å². The Morgan fingerprint density at radius 1 is 1.21 bits per heavy atom. The molecule has 0 unspecified atom stereocenters. The van der Waals surface area contributed by atoms with Gasteiger partial charge >= 0.3 is 0 Å².